The Morgan fingerprint density at radius 3 is 1.66 bits per heavy atom. The molecule has 0 aromatic heterocycles. The number of aryl methyl sites for hydroxylation is 2. The number of benzene rings is 4. The molecule has 0 amide bonds. The second-order valence-electron chi connectivity index (χ2n) is 9.06. The zero-order valence-corrected chi connectivity index (χ0v) is 22.5. The lowest BCUT2D eigenvalue weighted by Gasteiger charge is -2.29. The van der Waals surface area contributed by atoms with E-state index < -0.39 is 20.0 Å². The molecule has 1 aliphatic heterocycles. The van der Waals surface area contributed by atoms with Crippen LogP contribution in [0, 0.1) is 13.8 Å². The predicted molar refractivity (Wildman–Crippen MR) is 150 cm³/mol. The molecule has 6 nitrogen and oxygen atoms in total. The number of nitrogens with zero attached hydrogens (tertiary/aromatic N) is 1. The van der Waals surface area contributed by atoms with Crippen molar-refractivity contribution in [3.8, 4) is 0 Å². The largest absolute Gasteiger partial charge is 0.269 e. The number of sulfonamides is 2. The lowest BCUT2D eigenvalue weighted by molar-refractivity contribution is 0.539. The molecule has 8 heteroatoms. The van der Waals surface area contributed by atoms with E-state index >= 15 is 0 Å². The number of hydrogen-bond donors (Lipinski definition) is 1. The molecule has 38 heavy (non-hydrogen) atoms. The summed E-state index contributed by atoms with van der Waals surface area (Å²) in [4.78, 5) is 0.0655. The van der Waals surface area contributed by atoms with E-state index in [1.807, 2.05) is 56.3 Å². The van der Waals surface area contributed by atoms with Crippen LogP contribution in [0.5, 0.6) is 0 Å². The summed E-state index contributed by atoms with van der Waals surface area (Å²) < 4.78 is 59.3. The van der Waals surface area contributed by atoms with E-state index in [1.165, 1.54) is 24.3 Å². The highest BCUT2D eigenvalue weighted by atomic mass is 32.2. The quantitative estimate of drug-likeness (QED) is 0.335. The summed E-state index contributed by atoms with van der Waals surface area (Å²) in [6.45, 7) is 3.73. The SMILES string of the molecule is Cc1ccc(S(=O)(=O)NC2=Cc3ccccc3C=C(c3ccccc3)N2S(=O)(=O)c2ccc(C)cc2)cc1. The Morgan fingerprint density at radius 1 is 0.579 bits per heavy atom. The number of fused-ring (bicyclic) bond motifs is 1. The van der Waals surface area contributed by atoms with Crippen LogP contribution in [0.3, 0.4) is 0 Å². The van der Waals surface area contributed by atoms with Gasteiger partial charge < -0.3 is 0 Å². The van der Waals surface area contributed by atoms with Crippen LogP contribution in [0.15, 0.2) is 119 Å². The first-order chi connectivity index (χ1) is 18.1. The second-order valence-corrected chi connectivity index (χ2v) is 12.5. The Morgan fingerprint density at radius 2 is 1.08 bits per heavy atom. The maximum atomic E-state index is 14.3. The van der Waals surface area contributed by atoms with Gasteiger partial charge in [0.05, 0.1) is 15.5 Å². The van der Waals surface area contributed by atoms with E-state index in [9.17, 15) is 16.8 Å². The fourth-order valence-electron chi connectivity index (χ4n) is 4.18. The van der Waals surface area contributed by atoms with Crippen molar-refractivity contribution in [2.45, 2.75) is 23.6 Å². The summed E-state index contributed by atoms with van der Waals surface area (Å²) in [5.74, 6) is -0.105. The van der Waals surface area contributed by atoms with Crippen LogP contribution in [0.25, 0.3) is 17.8 Å². The zero-order chi connectivity index (χ0) is 26.9. The van der Waals surface area contributed by atoms with Gasteiger partial charge in [0.25, 0.3) is 20.0 Å². The monoisotopic (exact) mass is 542 g/mol. The summed E-state index contributed by atoms with van der Waals surface area (Å²) in [7, 11) is -8.39. The standard InChI is InChI=1S/C30H26N2O4S2/c1-22-12-16-27(17-13-22)37(33,34)31-30-21-26-11-7-6-10-25(26)20-29(24-8-4-3-5-9-24)32(30)38(35,36)28-18-14-23(2)15-19-28/h3-21,31H,1-2H3. The molecule has 0 saturated carbocycles. The third-order valence-electron chi connectivity index (χ3n) is 6.22. The topological polar surface area (TPSA) is 83.6 Å². The van der Waals surface area contributed by atoms with Gasteiger partial charge in [0, 0.05) is 0 Å². The number of nitrogens with one attached hydrogen (secondary N) is 1. The third-order valence-corrected chi connectivity index (χ3v) is 9.33. The van der Waals surface area contributed by atoms with Crippen molar-refractivity contribution in [2.75, 3.05) is 0 Å². The molecule has 1 aliphatic rings. The summed E-state index contributed by atoms with van der Waals surface area (Å²) in [6, 6.07) is 29.3. The normalized spacial score (nSPS) is 13.7. The van der Waals surface area contributed by atoms with Gasteiger partial charge in [0.2, 0.25) is 0 Å². The van der Waals surface area contributed by atoms with Crippen LogP contribution >= 0.6 is 0 Å². The molecule has 0 aliphatic carbocycles. The third kappa shape index (κ3) is 5.01. The van der Waals surface area contributed by atoms with Crippen LogP contribution in [-0.2, 0) is 20.0 Å². The van der Waals surface area contributed by atoms with Gasteiger partial charge in [-0.2, -0.15) is 0 Å². The molecule has 0 radical (unpaired) electrons. The molecule has 0 saturated heterocycles. The average Bonchev–Trinajstić information content (AvgIpc) is 3.06. The fourth-order valence-corrected chi connectivity index (χ4v) is 6.75. The smallest absolute Gasteiger partial charge is 0.264 e. The lowest BCUT2D eigenvalue weighted by atomic mass is 10.1. The average molecular weight is 543 g/mol. The minimum atomic E-state index is -4.26. The molecular weight excluding hydrogens is 516 g/mol. The highest BCUT2D eigenvalue weighted by Gasteiger charge is 2.34. The Labute approximate surface area is 223 Å². The van der Waals surface area contributed by atoms with Crippen molar-refractivity contribution < 1.29 is 16.8 Å². The summed E-state index contributed by atoms with van der Waals surface area (Å²) in [5, 5.41) is 0. The molecule has 0 fully saturated rings. The molecule has 0 unspecified atom stereocenters. The van der Waals surface area contributed by atoms with Crippen LogP contribution in [0.1, 0.15) is 27.8 Å². The first-order valence-corrected chi connectivity index (χ1v) is 14.9. The molecule has 4 aromatic carbocycles. The second kappa shape index (κ2) is 9.96. The van der Waals surface area contributed by atoms with Crippen molar-refractivity contribution in [2.24, 2.45) is 0 Å². The van der Waals surface area contributed by atoms with Crippen LogP contribution in [-0.4, -0.2) is 21.1 Å². The highest BCUT2D eigenvalue weighted by molar-refractivity contribution is 7.90. The van der Waals surface area contributed by atoms with Crippen LogP contribution in [0.4, 0.5) is 0 Å². The van der Waals surface area contributed by atoms with Crippen molar-refractivity contribution in [3.63, 3.8) is 0 Å². The van der Waals surface area contributed by atoms with Gasteiger partial charge in [-0.05, 0) is 67.0 Å². The Hall–Kier alpha value is -4.14. The fraction of sp³-hybridized carbons (Fsp3) is 0.0667. The van der Waals surface area contributed by atoms with Crippen LogP contribution < -0.4 is 4.72 Å². The first kappa shape index (κ1) is 25.5. The van der Waals surface area contributed by atoms with Gasteiger partial charge in [-0.15, -0.1) is 0 Å². The molecule has 0 spiro atoms. The molecular formula is C30H26N2O4S2. The van der Waals surface area contributed by atoms with Gasteiger partial charge >= 0.3 is 0 Å². The van der Waals surface area contributed by atoms with Gasteiger partial charge in [-0.3, -0.25) is 4.72 Å². The summed E-state index contributed by atoms with van der Waals surface area (Å²) >= 11 is 0. The molecule has 0 bridgehead atoms. The minimum Gasteiger partial charge on any atom is -0.264 e. The van der Waals surface area contributed by atoms with E-state index in [1.54, 1.807) is 48.6 Å². The minimum absolute atomic E-state index is 0.0273. The maximum Gasteiger partial charge on any atom is 0.269 e. The van der Waals surface area contributed by atoms with E-state index in [0.717, 1.165) is 21.0 Å². The molecule has 1 heterocycles. The van der Waals surface area contributed by atoms with Gasteiger partial charge in [0.1, 0.15) is 5.82 Å². The van der Waals surface area contributed by atoms with E-state index in [-0.39, 0.29) is 15.6 Å². The van der Waals surface area contributed by atoms with E-state index in [2.05, 4.69) is 4.72 Å². The van der Waals surface area contributed by atoms with Gasteiger partial charge in [0.15, 0.2) is 0 Å². The molecule has 5 rings (SSSR count). The van der Waals surface area contributed by atoms with Gasteiger partial charge in [-0.1, -0.05) is 90.0 Å². The lowest BCUT2D eigenvalue weighted by Crippen LogP contribution is -2.37. The Bertz CT molecular complexity index is 1760. The highest BCUT2D eigenvalue weighted by Crippen LogP contribution is 2.36. The van der Waals surface area contributed by atoms with Crippen molar-refractivity contribution >= 4 is 37.9 Å². The van der Waals surface area contributed by atoms with E-state index in [0.29, 0.717) is 16.8 Å². The number of hydrogen-bond acceptors (Lipinski definition) is 4. The Balaban J connectivity index is 1.76. The van der Waals surface area contributed by atoms with Crippen molar-refractivity contribution in [1.82, 2.24) is 9.03 Å². The van der Waals surface area contributed by atoms with Gasteiger partial charge in [-0.25, -0.2) is 21.1 Å². The molecule has 192 valence electrons. The maximum absolute atomic E-state index is 14.3. The first-order valence-electron chi connectivity index (χ1n) is 11.9. The number of rotatable bonds is 6. The predicted octanol–water partition coefficient (Wildman–Crippen LogP) is 5.78. The molecule has 4 aromatic rings. The zero-order valence-electron chi connectivity index (χ0n) is 20.9. The summed E-state index contributed by atoms with van der Waals surface area (Å²) in [6.07, 6.45) is 3.32. The van der Waals surface area contributed by atoms with Crippen molar-refractivity contribution in [1.29, 1.82) is 0 Å². The van der Waals surface area contributed by atoms with Crippen LogP contribution in [0.2, 0.25) is 0 Å². The molecule has 1 N–H and O–H groups in total. The summed E-state index contributed by atoms with van der Waals surface area (Å²) in [5.41, 5.74) is 4.16. The van der Waals surface area contributed by atoms with E-state index in [4.69, 9.17) is 0 Å². The molecule has 0 atom stereocenters. The Kier molecular flexibility index (Phi) is 6.69. The van der Waals surface area contributed by atoms with Crippen molar-refractivity contribution in [3.05, 3.63) is 137 Å².